The van der Waals surface area contributed by atoms with Crippen LogP contribution in [0.2, 0.25) is 0 Å². The molecule has 33 valence electrons. The molecule has 3 radical (unpaired) electrons. The summed E-state index contributed by atoms with van der Waals surface area (Å²) in [5.74, 6) is 0. The third-order valence-corrected chi connectivity index (χ3v) is 0. The van der Waals surface area contributed by atoms with Crippen molar-refractivity contribution in [2.45, 2.75) is 0 Å². The van der Waals surface area contributed by atoms with Gasteiger partial charge in [-0.3, -0.25) is 0 Å². The van der Waals surface area contributed by atoms with E-state index in [2.05, 4.69) is 0 Å². The molecule has 0 spiro atoms. The Labute approximate surface area is 89.5 Å². The minimum absolute atomic E-state index is 0. The standard InChI is InChI=1S/Ag.Al.In.O.Sn.6H. The van der Waals surface area contributed by atoms with Gasteiger partial charge in [-0.05, 0) is 0 Å². The second-order valence-electron chi connectivity index (χ2n) is 0. The Kier molecular flexibility index (Phi) is 149. The zero-order chi connectivity index (χ0) is 2.00. The van der Waals surface area contributed by atoms with E-state index in [-0.39, 0.29) is 65.6 Å². The third-order valence-electron chi connectivity index (χ3n) is 0. The quantitative estimate of drug-likeness (QED) is 0.407. The Morgan fingerprint density at radius 2 is 1.20 bits per heavy atom. The Morgan fingerprint density at radius 3 is 1.20 bits per heavy atom. The van der Waals surface area contributed by atoms with Gasteiger partial charge in [0, 0.05) is 22.4 Å². The first-order valence-corrected chi connectivity index (χ1v) is 1.37. The molecule has 0 bridgehead atoms. The van der Waals surface area contributed by atoms with Crippen LogP contribution in [0.15, 0.2) is 0 Å². The van der Waals surface area contributed by atoms with Gasteiger partial charge in [-0.25, -0.2) is 0 Å². The van der Waals surface area contributed by atoms with Crippen molar-refractivity contribution in [2.24, 2.45) is 0 Å². The molecular weight excluding hydrogens is 384 g/mol. The van der Waals surface area contributed by atoms with Gasteiger partial charge >= 0.3 is 51.4 Å². The Bertz CT molecular complexity index is 11.6. The molecule has 0 aliphatic rings. The van der Waals surface area contributed by atoms with E-state index in [9.17, 15) is 0 Å². The summed E-state index contributed by atoms with van der Waals surface area (Å²) < 4.78 is 8.34. The van der Waals surface area contributed by atoms with Crippen LogP contribution in [0.1, 0.15) is 0 Å². The molecule has 1 nitrogen and oxygen atoms in total. The monoisotopic (exact) mass is 391 g/mol. The summed E-state index contributed by atoms with van der Waals surface area (Å²) in [4.78, 5) is 0. The van der Waals surface area contributed by atoms with Gasteiger partial charge in [0.1, 0.15) is 0 Å². The van der Waals surface area contributed by atoms with Crippen LogP contribution < -0.4 is 0 Å². The van der Waals surface area contributed by atoms with E-state index >= 15 is 0 Å². The molecule has 0 amide bonds. The van der Waals surface area contributed by atoms with Crippen LogP contribution in [0.25, 0.3) is 0 Å². The van der Waals surface area contributed by atoms with Crippen LogP contribution in [0.3, 0.4) is 0 Å². The summed E-state index contributed by atoms with van der Waals surface area (Å²) in [5.41, 5.74) is 0. The Balaban J connectivity index is -0.00000000167. The molecule has 0 unspecified atom stereocenters. The van der Waals surface area contributed by atoms with Crippen LogP contribution in [0.4, 0.5) is 0 Å². The fraction of sp³-hybridized carbons (Fsp3) is 0. The van der Waals surface area contributed by atoms with Gasteiger partial charge in [-0.1, -0.05) is 0 Å². The summed E-state index contributed by atoms with van der Waals surface area (Å²) in [5, 5.41) is 0. The SMILES string of the molecule is [Ag].[AlH3].[InH3].[O]=[Sn]. The third kappa shape index (κ3) is 20.2. The van der Waals surface area contributed by atoms with E-state index < -0.39 is 0 Å². The molecule has 0 rings (SSSR count). The molecular formula is H6AgAlInOSn. The summed E-state index contributed by atoms with van der Waals surface area (Å²) in [6, 6.07) is 0. The Hall–Kier alpha value is 2.74. The van der Waals surface area contributed by atoms with E-state index in [4.69, 9.17) is 3.08 Å². The predicted octanol–water partition coefficient (Wildman–Crippen LogP) is -2.87. The van der Waals surface area contributed by atoms with Gasteiger partial charge < -0.3 is 0 Å². The molecule has 5 heteroatoms. The molecule has 0 aliphatic heterocycles. The number of rotatable bonds is 0. The van der Waals surface area contributed by atoms with Crippen molar-refractivity contribution in [1.82, 2.24) is 0 Å². The maximum absolute atomic E-state index is 8.34. The van der Waals surface area contributed by atoms with Crippen molar-refractivity contribution < 1.29 is 25.5 Å². The van der Waals surface area contributed by atoms with Crippen LogP contribution in [-0.4, -0.2) is 65.7 Å². The number of hydrogen-bond donors (Lipinski definition) is 0. The molecule has 0 aliphatic carbocycles. The first-order valence-electron chi connectivity index (χ1n) is 0.204. The average molecular weight is 390 g/mol. The first kappa shape index (κ1) is 25.1. The molecule has 0 saturated heterocycles. The molecule has 0 aromatic heterocycles. The fourth-order valence-electron chi connectivity index (χ4n) is 0. The summed E-state index contributed by atoms with van der Waals surface area (Å²) in [6.45, 7) is 0. The van der Waals surface area contributed by atoms with Gasteiger partial charge in [0.05, 0.1) is 0 Å². The van der Waals surface area contributed by atoms with Gasteiger partial charge in [0.2, 0.25) is 0 Å². The zero-order valence-electron chi connectivity index (χ0n) is 1.21. The topological polar surface area (TPSA) is 17.1 Å². The van der Waals surface area contributed by atoms with Gasteiger partial charge in [-0.15, -0.1) is 0 Å². The predicted molar refractivity (Wildman–Crippen MR) is 26.3 cm³/mol. The van der Waals surface area contributed by atoms with Gasteiger partial charge in [0.15, 0.2) is 17.4 Å². The minimum atomic E-state index is 0. The van der Waals surface area contributed by atoms with Crippen molar-refractivity contribution in [2.75, 3.05) is 0 Å². The molecule has 0 heterocycles. The van der Waals surface area contributed by atoms with Crippen LogP contribution in [0, 0.1) is 0 Å². The van der Waals surface area contributed by atoms with Crippen molar-refractivity contribution in [3.63, 3.8) is 0 Å². The average Bonchev–Trinajstić information content (AvgIpc) is 1.00. The van der Waals surface area contributed by atoms with Crippen LogP contribution in [0.5, 0.6) is 0 Å². The van der Waals surface area contributed by atoms with E-state index in [0.717, 1.165) is 0 Å². The molecule has 0 N–H and O–H groups in total. The number of hydrogen-bond acceptors (Lipinski definition) is 1. The molecule has 0 aromatic rings. The fourth-order valence-corrected chi connectivity index (χ4v) is 0. The van der Waals surface area contributed by atoms with E-state index in [1.807, 2.05) is 0 Å². The normalized spacial score (nSPS) is 0.800. The zero-order valence-corrected chi connectivity index (χ0v) is 5.55. The Morgan fingerprint density at radius 1 is 1.20 bits per heavy atom. The van der Waals surface area contributed by atoms with Crippen LogP contribution in [-0.2, 0) is 25.5 Å². The molecule has 0 saturated carbocycles. The van der Waals surface area contributed by atoms with Gasteiger partial charge in [-0.2, -0.15) is 0 Å². The molecule has 0 atom stereocenters. The van der Waals surface area contributed by atoms with Crippen molar-refractivity contribution in [1.29, 1.82) is 0 Å². The van der Waals surface area contributed by atoms with Crippen LogP contribution >= 0.6 is 0 Å². The molecule has 5 heavy (non-hydrogen) atoms. The van der Waals surface area contributed by atoms with E-state index in [0.29, 0.717) is 22.5 Å². The molecule has 0 fully saturated rings. The first-order chi connectivity index (χ1) is 1.00. The maximum atomic E-state index is 8.34. The molecule has 0 aromatic carbocycles. The van der Waals surface area contributed by atoms with E-state index in [1.165, 1.54) is 0 Å². The van der Waals surface area contributed by atoms with Crippen molar-refractivity contribution in [3.05, 3.63) is 0 Å². The van der Waals surface area contributed by atoms with Crippen molar-refractivity contribution >= 4 is 65.7 Å². The second-order valence-corrected chi connectivity index (χ2v) is 0. The summed E-state index contributed by atoms with van der Waals surface area (Å²) in [6.07, 6.45) is 0. The summed E-state index contributed by atoms with van der Waals surface area (Å²) in [7, 11) is 0. The van der Waals surface area contributed by atoms with E-state index in [1.54, 1.807) is 0 Å². The second kappa shape index (κ2) is 29.6. The van der Waals surface area contributed by atoms with Gasteiger partial charge in [0.25, 0.3) is 0 Å². The summed E-state index contributed by atoms with van der Waals surface area (Å²) >= 11 is 0.300. The van der Waals surface area contributed by atoms with Crippen molar-refractivity contribution in [3.8, 4) is 0 Å².